The summed E-state index contributed by atoms with van der Waals surface area (Å²) in [5.74, 6) is -0.498. The lowest BCUT2D eigenvalue weighted by atomic mass is 10.2. The van der Waals surface area contributed by atoms with Crippen LogP contribution in [0.2, 0.25) is 0 Å². The molecule has 3 aromatic rings. The lowest BCUT2D eigenvalue weighted by Gasteiger charge is -2.28. The molecule has 31 heavy (non-hydrogen) atoms. The molecule has 0 N–H and O–H groups in total. The van der Waals surface area contributed by atoms with Crippen LogP contribution in [0, 0.1) is 0 Å². The van der Waals surface area contributed by atoms with Crippen molar-refractivity contribution in [1.82, 2.24) is 9.97 Å². The fourth-order valence-electron chi connectivity index (χ4n) is 3.17. The number of nitrogens with zero attached hydrogens (tertiary/aromatic N) is 3. The number of ether oxygens (including phenoxy) is 1. The Morgan fingerprint density at radius 2 is 1.77 bits per heavy atom. The number of alkyl halides is 3. The van der Waals surface area contributed by atoms with Crippen molar-refractivity contribution in [2.45, 2.75) is 17.1 Å². The molecule has 3 heterocycles. The van der Waals surface area contributed by atoms with E-state index in [1.165, 1.54) is 11.3 Å². The minimum atomic E-state index is -4.79. The summed E-state index contributed by atoms with van der Waals surface area (Å²) in [7, 11) is -4.20. The molecule has 2 aromatic heterocycles. The van der Waals surface area contributed by atoms with Gasteiger partial charge >= 0.3 is 6.18 Å². The van der Waals surface area contributed by atoms with E-state index in [0.29, 0.717) is 23.7 Å². The van der Waals surface area contributed by atoms with E-state index in [1.54, 1.807) is 41.8 Å². The number of rotatable bonds is 5. The van der Waals surface area contributed by atoms with Gasteiger partial charge in [-0.1, -0.05) is 18.2 Å². The zero-order valence-corrected chi connectivity index (χ0v) is 17.8. The Bertz CT molecular complexity index is 1140. The molecule has 0 spiro atoms. The second-order valence-corrected chi connectivity index (χ2v) is 9.75. The molecular formula is C20H18F3N3O3S2. The van der Waals surface area contributed by atoms with Crippen LogP contribution in [0.4, 0.5) is 18.9 Å². The molecule has 11 heteroatoms. The number of benzene rings is 1. The standard InChI is InChI=1S/C20H18F3N3O3S2/c21-20(22,23)18-12-16(17-2-1-11-30-17)24-19(25-18)31(27,28)13-14-3-5-15(6-4-14)26-7-9-29-10-8-26/h1-6,11-12H,7-10,13H2. The van der Waals surface area contributed by atoms with Crippen LogP contribution in [-0.4, -0.2) is 44.7 Å². The molecule has 1 fully saturated rings. The average Bonchev–Trinajstić information content (AvgIpc) is 3.29. The Kier molecular flexibility index (Phi) is 6.00. The molecule has 0 bridgehead atoms. The van der Waals surface area contributed by atoms with Gasteiger partial charge in [-0.25, -0.2) is 18.4 Å². The van der Waals surface area contributed by atoms with Gasteiger partial charge in [-0.15, -0.1) is 11.3 Å². The average molecular weight is 470 g/mol. The molecule has 1 aromatic carbocycles. The number of halogens is 3. The smallest absolute Gasteiger partial charge is 0.378 e. The Hall–Kier alpha value is -2.50. The highest BCUT2D eigenvalue weighted by atomic mass is 32.2. The monoisotopic (exact) mass is 469 g/mol. The lowest BCUT2D eigenvalue weighted by Crippen LogP contribution is -2.36. The highest BCUT2D eigenvalue weighted by Gasteiger charge is 2.35. The van der Waals surface area contributed by atoms with Crippen molar-refractivity contribution < 1.29 is 26.3 Å². The Morgan fingerprint density at radius 3 is 2.39 bits per heavy atom. The number of thiophene rings is 1. The van der Waals surface area contributed by atoms with E-state index in [4.69, 9.17) is 4.74 Å². The van der Waals surface area contributed by atoms with Gasteiger partial charge in [0.1, 0.15) is 5.69 Å². The summed E-state index contributed by atoms with van der Waals surface area (Å²) in [5.41, 5.74) is 0.0150. The van der Waals surface area contributed by atoms with Crippen LogP contribution in [0.25, 0.3) is 10.6 Å². The Balaban J connectivity index is 1.63. The van der Waals surface area contributed by atoms with Gasteiger partial charge in [0.05, 0.1) is 29.5 Å². The molecule has 0 amide bonds. The van der Waals surface area contributed by atoms with Gasteiger partial charge in [-0.2, -0.15) is 13.2 Å². The van der Waals surface area contributed by atoms with Gasteiger partial charge in [-0.3, -0.25) is 0 Å². The van der Waals surface area contributed by atoms with Gasteiger partial charge in [0, 0.05) is 18.8 Å². The van der Waals surface area contributed by atoms with Crippen molar-refractivity contribution in [3.63, 3.8) is 0 Å². The Morgan fingerprint density at radius 1 is 1.06 bits per heavy atom. The van der Waals surface area contributed by atoms with Crippen LogP contribution >= 0.6 is 11.3 Å². The zero-order chi connectivity index (χ0) is 22.1. The molecule has 0 atom stereocenters. The van der Waals surface area contributed by atoms with Gasteiger partial charge in [0.15, 0.2) is 0 Å². The van der Waals surface area contributed by atoms with Crippen LogP contribution in [0.15, 0.2) is 53.0 Å². The molecule has 0 aliphatic carbocycles. The van der Waals surface area contributed by atoms with Crippen LogP contribution in [0.3, 0.4) is 0 Å². The molecule has 4 rings (SSSR count). The van der Waals surface area contributed by atoms with Gasteiger partial charge in [-0.05, 0) is 35.2 Å². The maximum Gasteiger partial charge on any atom is 0.433 e. The summed E-state index contributed by atoms with van der Waals surface area (Å²) in [6, 6.07) is 10.9. The molecule has 1 aliphatic heterocycles. The highest BCUT2D eigenvalue weighted by Crippen LogP contribution is 2.32. The van der Waals surface area contributed by atoms with Crippen LogP contribution in [-0.2, 0) is 26.5 Å². The van der Waals surface area contributed by atoms with E-state index in [9.17, 15) is 21.6 Å². The third-order valence-electron chi connectivity index (χ3n) is 4.72. The fourth-order valence-corrected chi connectivity index (χ4v) is 5.09. The molecule has 1 aliphatic rings. The minimum absolute atomic E-state index is 0.0708. The number of anilines is 1. The summed E-state index contributed by atoms with van der Waals surface area (Å²) in [6.45, 7) is 2.72. The molecule has 164 valence electrons. The molecular weight excluding hydrogens is 451 g/mol. The summed E-state index contributed by atoms with van der Waals surface area (Å²) >= 11 is 1.17. The normalized spacial score (nSPS) is 15.3. The molecule has 0 radical (unpaired) electrons. The maximum atomic E-state index is 13.3. The van der Waals surface area contributed by atoms with E-state index < -0.39 is 32.6 Å². The summed E-state index contributed by atoms with van der Waals surface area (Å²) < 4.78 is 71.1. The predicted molar refractivity (Wildman–Crippen MR) is 111 cm³/mol. The topological polar surface area (TPSA) is 72.4 Å². The van der Waals surface area contributed by atoms with E-state index >= 15 is 0 Å². The quantitative estimate of drug-likeness (QED) is 0.526. The predicted octanol–water partition coefficient (Wildman–Crippen LogP) is 4.03. The fraction of sp³-hybridized carbons (Fsp3) is 0.300. The summed E-state index contributed by atoms with van der Waals surface area (Å²) in [6.07, 6.45) is -4.79. The van der Waals surface area contributed by atoms with E-state index in [1.807, 2.05) is 0 Å². The van der Waals surface area contributed by atoms with Crippen molar-refractivity contribution in [3.8, 4) is 10.6 Å². The highest BCUT2D eigenvalue weighted by molar-refractivity contribution is 7.90. The van der Waals surface area contributed by atoms with Crippen LogP contribution in [0.1, 0.15) is 11.3 Å². The first kappa shape index (κ1) is 21.7. The first-order chi connectivity index (χ1) is 14.7. The zero-order valence-electron chi connectivity index (χ0n) is 16.2. The van der Waals surface area contributed by atoms with Crippen LogP contribution < -0.4 is 4.90 Å². The van der Waals surface area contributed by atoms with Gasteiger partial charge in [0.25, 0.3) is 0 Å². The van der Waals surface area contributed by atoms with E-state index in [2.05, 4.69) is 14.9 Å². The van der Waals surface area contributed by atoms with E-state index in [-0.39, 0.29) is 5.69 Å². The maximum absolute atomic E-state index is 13.3. The minimum Gasteiger partial charge on any atom is -0.378 e. The lowest BCUT2D eigenvalue weighted by molar-refractivity contribution is -0.141. The summed E-state index contributed by atoms with van der Waals surface area (Å²) in [4.78, 5) is 9.82. The van der Waals surface area contributed by atoms with Crippen LogP contribution in [0.5, 0.6) is 0 Å². The van der Waals surface area contributed by atoms with Crippen molar-refractivity contribution in [1.29, 1.82) is 0 Å². The first-order valence-electron chi connectivity index (χ1n) is 9.37. The van der Waals surface area contributed by atoms with Crippen molar-refractivity contribution >= 4 is 26.9 Å². The second-order valence-electron chi connectivity index (χ2n) is 6.92. The van der Waals surface area contributed by atoms with Crippen molar-refractivity contribution in [2.24, 2.45) is 0 Å². The third kappa shape index (κ3) is 5.05. The number of hydrogen-bond acceptors (Lipinski definition) is 7. The largest absolute Gasteiger partial charge is 0.433 e. The van der Waals surface area contributed by atoms with Crippen molar-refractivity contribution in [2.75, 3.05) is 31.2 Å². The SMILES string of the molecule is O=S(=O)(Cc1ccc(N2CCOCC2)cc1)c1nc(-c2cccs2)cc(C(F)(F)F)n1. The number of aromatic nitrogens is 2. The molecule has 0 unspecified atom stereocenters. The number of hydrogen-bond donors (Lipinski definition) is 0. The van der Waals surface area contributed by atoms with Gasteiger partial charge in [0.2, 0.25) is 15.0 Å². The Labute approximate surface area is 181 Å². The van der Waals surface area contributed by atoms with E-state index in [0.717, 1.165) is 24.8 Å². The molecule has 0 saturated carbocycles. The first-order valence-corrected chi connectivity index (χ1v) is 11.9. The third-order valence-corrected chi connectivity index (χ3v) is 7.06. The molecule has 1 saturated heterocycles. The number of sulfone groups is 1. The van der Waals surface area contributed by atoms with Crippen molar-refractivity contribution in [3.05, 3.63) is 59.1 Å². The number of morpholine rings is 1. The molecule has 6 nitrogen and oxygen atoms in total. The summed E-state index contributed by atoms with van der Waals surface area (Å²) in [5, 5.41) is 0.845. The van der Waals surface area contributed by atoms with Gasteiger partial charge < -0.3 is 9.64 Å². The second kappa shape index (κ2) is 8.56.